The highest BCUT2D eigenvalue weighted by atomic mass is 79.9. The first-order valence-electron chi connectivity index (χ1n) is 15.5. The molecular formula is C35H42BrN3O4S. The van der Waals surface area contributed by atoms with Crippen LogP contribution in [0.4, 0.5) is 5.69 Å². The lowest BCUT2D eigenvalue weighted by molar-refractivity contribution is -0.143. The van der Waals surface area contributed by atoms with Gasteiger partial charge in [0.25, 0.3) is 0 Å². The van der Waals surface area contributed by atoms with E-state index in [0.717, 1.165) is 30.5 Å². The van der Waals surface area contributed by atoms with Gasteiger partial charge < -0.3 is 19.8 Å². The molecule has 44 heavy (non-hydrogen) atoms. The molecule has 2 aromatic rings. The Hall–Kier alpha value is -2.88. The van der Waals surface area contributed by atoms with Crippen molar-refractivity contribution in [1.82, 2.24) is 9.80 Å². The van der Waals surface area contributed by atoms with Crippen LogP contribution in [0, 0.1) is 11.8 Å². The van der Waals surface area contributed by atoms with Gasteiger partial charge in [-0.25, -0.2) is 0 Å². The average Bonchev–Trinajstić information content (AvgIpc) is 3.63. The largest absolute Gasteiger partial charge is 0.396 e. The highest BCUT2D eigenvalue weighted by molar-refractivity contribution is 9.09. The predicted octanol–water partition coefficient (Wildman–Crippen LogP) is 5.44. The van der Waals surface area contributed by atoms with E-state index in [-0.39, 0.29) is 34.4 Å². The fraction of sp³-hybridized carbons (Fsp3) is 0.457. The highest BCUT2D eigenvalue weighted by Crippen LogP contribution is 2.68. The molecule has 3 aliphatic rings. The van der Waals surface area contributed by atoms with Gasteiger partial charge in [-0.3, -0.25) is 14.4 Å². The number of anilines is 1. The van der Waals surface area contributed by atoms with E-state index in [9.17, 15) is 19.5 Å². The van der Waals surface area contributed by atoms with Crippen molar-refractivity contribution in [2.24, 2.45) is 11.8 Å². The highest BCUT2D eigenvalue weighted by Gasteiger charge is 2.76. The fourth-order valence-corrected chi connectivity index (χ4v) is 10.9. The van der Waals surface area contributed by atoms with Crippen molar-refractivity contribution in [3.8, 4) is 0 Å². The molecule has 0 aromatic heterocycles. The predicted molar refractivity (Wildman–Crippen MR) is 181 cm³/mol. The van der Waals surface area contributed by atoms with Gasteiger partial charge in [-0.15, -0.1) is 24.9 Å². The van der Waals surface area contributed by atoms with E-state index in [1.165, 1.54) is 0 Å². The van der Waals surface area contributed by atoms with Crippen LogP contribution < -0.4 is 4.90 Å². The van der Waals surface area contributed by atoms with Crippen molar-refractivity contribution in [1.29, 1.82) is 0 Å². The van der Waals surface area contributed by atoms with Crippen LogP contribution in [-0.2, 0) is 20.9 Å². The molecule has 0 aliphatic carbocycles. The van der Waals surface area contributed by atoms with Gasteiger partial charge in [0, 0.05) is 48.6 Å². The Balaban J connectivity index is 1.52. The first-order valence-corrected chi connectivity index (χ1v) is 17.3. The smallest absolute Gasteiger partial charge is 0.247 e. The number of hydrogen-bond donors (Lipinski definition) is 1. The molecule has 3 aliphatic heterocycles. The number of nitrogens with zero attached hydrogens (tertiary/aromatic N) is 3. The lowest BCUT2D eigenvalue weighted by Crippen LogP contribution is -2.55. The topological polar surface area (TPSA) is 81.2 Å². The Morgan fingerprint density at radius 1 is 0.977 bits per heavy atom. The number of aliphatic hydroxyl groups excluding tert-OH is 1. The van der Waals surface area contributed by atoms with Crippen LogP contribution in [0.1, 0.15) is 37.7 Å². The molecule has 5 rings (SSSR count). The van der Waals surface area contributed by atoms with Gasteiger partial charge in [-0.1, -0.05) is 89.5 Å². The van der Waals surface area contributed by atoms with Gasteiger partial charge in [0.2, 0.25) is 17.7 Å². The van der Waals surface area contributed by atoms with Gasteiger partial charge >= 0.3 is 0 Å². The molecule has 3 saturated heterocycles. The van der Waals surface area contributed by atoms with Crippen LogP contribution in [0.5, 0.6) is 0 Å². The number of carbonyl (C=O) groups excluding carboxylic acids is 3. The Bertz CT molecular complexity index is 1340. The number of benzene rings is 2. The number of alkyl halides is 1. The van der Waals surface area contributed by atoms with Crippen molar-refractivity contribution in [2.45, 2.75) is 59.5 Å². The SMILES string of the molecule is C=CCN(Cc1ccccc1)C(=O)C1N(CCCCCCO)C(=O)[C@@H]2[C@@H](C(=O)N(CC=C)c3ccccc3)[C@@H]3SC12CC3Br. The summed E-state index contributed by atoms with van der Waals surface area (Å²) < 4.78 is -0.717. The minimum Gasteiger partial charge on any atom is -0.396 e. The number of rotatable bonds is 15. The average molecular weight is 681 g/mol. The number of amides is 3. The molecule has 1 N–H and O–H groups in total. The Morgan fingerprint density at radius 2 is 1.64 bits per heavy atom. The molecule has 7 nitrogen and oxygen atoms in total. The maximum absolute atomic E-state index is 14.7. The molecular weight excluding hydrogens is 638 g/mol. The van der Waals surface area contributed by atoms with E-state index in [0.29, 0.717) is 39.0 Å². The summed E-state index contributed by atoms with van der Waals surface area (Å²) in [6.07, 6.45) is 7.24. The molecule has 234 valence electrons. The second-order valence-electron chi connectivity index (χ2n) is 11.9. The summed E-state index contributed by atoms with van der Waals surface area (Å²) in [5, 5.41) is 9.12. The zero-order chi connectivity index (χ0) is 31.3. The third-order valence-corrected chi connectivity index (χ3v) is 12.4. The summed E-state index contributed by atoms with van der Waals surface area (Å²) in [5.41, 5.74) is 1.78. The fourth-order valence-electron chi connectivity index (χ4n) is 7.28. The maximum Gasteiger partial charge on any atom is 0.247 e. The van der Waals surface area contributed by atoms with E-state index in [1.54, 1.807) is 38.6 Å². The molecule has 2 bridgehead atoms. The molecule has 1 spiro atoms. The monoisotopic (exact) mass is 679 g/mol. The lowest BCUT2D eigenvalue weighted by atomic mass is 9.70. The summed E-state index contributed by atoms with van der Waals surface area (Å²) in [4.78, 5) is 49.1. The van der Waals surface area contributed by atoms with Crippen LogP contribution in [0.25, 0.3) is 0 Å². The summed E-state index contributed by atoms with van der Waals surface area (Å²) >= 11 is 5.56. The number of thioether (sulfide) groups is 1. The lowest BCUT2D eigenvalue weighted by Gasteiger charge is -2.38. The molecule has 2 aromatic carbocycles. The molecule has 0 saturated carbocycles. The van der Waals surface area contributed by atoms with Crippen molar-refractivity contribution < 1.29 is 19.5 Å². The second kappa shape index (κ2) is 14.5. The van der Waals surface area contributed by atoms with E-state index < -0.39 is 22.6 Å². The standard InChI is InChI=1S/C35H42BrN3O4S/c1-3-19-37(24-25-15-9-7-10-16-25)34(43)31-35-23-27(36)30(44-35)28(29(35)33(42)39(31)21-13-5-6-14-22-40)32(41)38(20-4-2)26-17-11-8-12-18-26/h3-4,7-12,15-18,27-31,40H,1-2,5-6,13-14,19-24H2/t27?,28-,29+,30-,31?,35?/m1/s1. The van der Waals surface area contributed by atoms with Crippen LogP contribution in [0.3, 0.4) is 0 Å². The number of para-hydroxylation sites is 1. The molecule has 6 atom stereocenters. The first kappa shape index (κ1) is 32.5. The molecule has 9 heteroatoms. The third kappa shape index (κ3) is 6.15. The van der Waals surface area contributed by atoms with Gasteiger partial charge in [0.15, 0.2) is 0 Å². The zero-order valence-electron chi connectivity index (χ0n) is 25.1. The van der Waals surface area contributed by atoms with Gasteiger partial charge in [-0.2, -0.15) is 0 Å². The van der Waals surface area contributed by atoms with Crippen molar-refractivity contribution in [2.75, 3.05) is 31.1 Å². The third-order valence-electron chi connectivity index (χ3n) is 9.14. The number of aliphatic hydroxyl groups is 1. The molecule has 3 heterocycles. The van der Waals surface area contributed by atoms with Crippen LogP contribution in [-0.4, -0.2) is 79.7 Å². The quantitative estimate of drug-likeness (QED) is 0.154. The van der Waals surface area contributed by atoms with E-state index in [4.69, 9.17) is 0 Å². The Kier molecular flexibility index (Phi) is 10.7. The van der Waals surface area contributed by atoms with Crippen molar-refractivity contribution >= 4 is 51.1 Å². The van der Waals surface area contributed by atoms with Gasteiger partial charge in [0.1, 0.15) is 6.04 Å². The number of unbranched alkanes of at least 4 members (excludes halogenated alkanes) is 3. The molecule has 0 radical (unpaired) electrons. The van der Waals surface area contributed by atoms with Crippen molar-refractivity contribution in [3.05, 3.63) is 91.5 Å². The number of likely N-dealkylation sites (tertiary alicyclic amines) is 1. The molecule has 3 amide bonds. The number of fused-ring (bicyclic) bond motifs is 1. The van der Waals surface area contributed by atoms with Crippen LogP contribution in [0.15, 0.2) is 86.0 Å². The molecule has 3 fully saturated rings. The zero-order valence-corrected chi connectivity index (χ0v) is 27.5. The minimum absolute atomic E-state index is 0.00589. The number of carbonyl (C=O) groups is 3. The van der Waals surface area contributed by atoms with Crippen molar-refractivity contribution in [3.63, 3.8) is 0 Å². The maximum atomic E-state index is 14.7. The van der Waals surface area contributed by atoms with Crippen LogP contribution >= 0.6 is 27.7 Å². The van der Waals surface area contributed by atoms with Crippen LogP contribution in [0.2, 0.25) is 0 Å². The van der Waals surface area contributed by atoms with Gasteiger partial charge in [-0.05, 0) is 37.0 Å². The Morgan fingerprint density at radius 3 is 2.30 bits per heavy atom. The second-order valence-corrected chi connectivity index (χ2v) is 14.6. The normalized spacial score (nSPS) is 26.8. The summed E-state index contributed by atoms with van der Waals surface area (Å²) in [7, 11) is 0. The van der Waals surface area contributed by atoms with E-state index >= 15 is 0 Å². The first-order chi connectivity index (χ1) is 21.4. The number of hydrogen-bond acceptors (Lipinski definition) is 5. The van der Waals surface area contributed by atoms with E-state index in [1.807, 2.05) is 60.7 Å². The van der Waals surface area contributed by atoms with E-state index in [2.05, 4.69) is 29.1 Å². The summed E-state index contributed by atoms with van der Waals surface area (Å²) in [5.74, 6) is -1.44. The minimum atomic E-state index is -0.717. The number of halogens is 1. The summed E-state index contributed by atoms with van der Waals surface area (Å²) in [6, 6.07) is 18.7. The Labute approximate surface area is 273 Å². The molecule has 3 unspecified atom stereocenters. The summed E-state index contributed by atoms with van der Waals surface area (Å²) in [6.45, 7) is 9.51. The van der Waals surface area contributed by atoms with Gasteiger partial charge in [0.05, 0.1) is 16.6 Å².